The highest BCUT2D eigenvalue weighted by atomic mass is 32.1. The van der Waals surface area contributed by atoms with E-state index in [4.69, 9.17) is 15.6 Å². The lowest BCUT2D eigenvalue weighted by Crippen LogP contribution is -2.38. The number of rotatable bonds is 3. The summed E-state index contributed by atoms with van der Waals surface area (Å²) in [6.45, 7) is 0. The second-order valence-electron chi connectivity index (χ2n) is 2.85. The highest BCUT2D eigenvalue weighted by molar-refractivity contribution is 7.80. The summed E-state index contributed by atoms with van der Waals surface area (Å²) in [5.74, 6) is -1.17. The first-order valence-corrected chi connectivity index (χ1v) is 4.62. The third-order valence-electron chi connectivity index (χ3n) is 1.71. The molecule has 1 heterocycles. The highest BCUT2D eigenvalue weighted by Crippen LogP contribution is 2.16. The Bertz CT molecular complexity index is 246. The van der Waals surface area contributed by atoms with Gasteiger partial charge < -0.3 is 20.3 Å². The molecule has 0 bridgehead atoms. The smallest absolute Gasteiger partial charge is 0.324 e. The molecule has 14 heavy (non-hydrogen) atoms. The number of hydrogen-bond donors (Lipinski definition) is 3. The number of aliphatic hydroxyl groups is 1. The maximum absolute atomic E-state index is 11.1. The van der Waals surface area contributed by atoms with Crippen LogP contribution in [0.15, 0.2) is 0 Å². The molecule has 7 heteroatoms. The van der Waals surface area contributed by atoms with Crippen molar-refractivity contribution < 1.29 is 24.2 Å². The lowest BCUT2D eigenvalue weighted by Gasteiger charge is -2.15. The number of thiol groups is 1. The van der Waals surface area contributed by atoms with Gasteiger partial charge in [0.05, 0.1) is 6.42 Å². The van der Waals surface area contributed by atoms with Crippen molar-refractivity contribution in [3.63, 3.8) is 0 Å². The van der Waals surface area contributed by atoms with Crippen molar-refractivity contribution in [2.24, 2.45) is 5.73 Å². The molecule has 3 atom stereocenters. The van der Waals surface area contributed by atoms with Crippen LogP contribution < -0.4 is 5.73 Å². The molecule has 1 aliphatic rings. The Labute approximate surface area is 85.8 Å². The van der Waals surface area contributed by atoms with E-state index >= 15 is 0 Å². The Morgan fingerprint density at radius 2 is 2.50 bits per heavy atom. The largest absolute Gasteiger partial charge is 0.454 e. The minimum Gasteiger partial charge on any atom is -0.454 e. The van der Waals surface area contributed by atoms with Gasteiger partial charge in [0.15, 0.2) is 6.10 Å². The molecule has 1 rings (SSSR count). The average molecular weight is 221 g/mol. The van der Waals surface area contributed by atoms with Crippen molar-refractivity contribution in [1.82, 2.24) is 0 Å². The zero-order valence-electron chi connectivity index (χ0n) is 7.25. The normalized spacial score (nSPS) is 28.4. The molecule has 0 saturated carbocycles. The minimum atomic E-state index is -1.39. The zero-order chi connectivity index (χ0) is 10.7. The molecule has 6 nitrogen and oxygen atoms in total. The second kappa shape index (κ2) is 4.63. The van der Waals surface area contributed by atoms with Crippen LogP contribution in [0.5, 0.6) is 0 Å². The van der Waals surface area contributed by atoms with E-state index in [9.17, 15) is 9.59 Å². The van der Waals surface area contributed by atoms with Gasteiger partial charge in [-0.3, -0.25) is 9.59 Å². The molecule has 0 aromatic rings. The van der Waals surface area contributed by atoms with Gasteiger partial charge in [0.1, 0.15) is 6.04 Å². The Morgan fingerprint density at radius 1 is 1.86 bits per heavy atom. The molecule has 1 saturated heterocycles. The molecule has 2 unspecified atom stereocenters. The van der Waals surface area contributed by atoms with E-state index in [1.165, 1.54) is 0 Å². The van der Waals surface area contributed by atoms with Crippen LogP contribution in [0.1, 0.15) is 6.42 Å². The SMILES string of the molecule is N[C@@H](CS)C(=O)OC1CC(=O)OC1O. The van der Waals surface area contributed by atoms with Crippen molar-refractivity contribution in [2.75, 3.05) is 5.75 Å². The predicted molar refractivity (Wildman–Crippen MR) is 48.4 cm³/mol. The Hall–Kier alpha value is -0.790. The number of carbonyl (C=O) groups excluding carboxylic acids is 2. The van der Waals surface area contributed by atoms with Crippen LogP contribution in [0.2, 0.25) is 0 Å². The first-order valence-electron chi connectivity index (χ1n) is 3.99. The minimum absolute atomic E-state index is 0.135. The number of hydrogen-bond acceptors (Lipinski definition) is 7. The molecule has 0 spiro atoms. The number of carbonyl (C=O) groups is 2. The quantitative estimate of drug-likeness (QED) is 0.393. The molecule has 1 fully saturated rings. The van der Waals surface area contributed by atoms with Gasteiger partial charge in [-0.15, -0.1) is 0 Å². The van der Waals surface area contributed by atoms with Gasteiger partial charge in [0.2, 0.25) is 6.29 Å². The maximum Gasteiger partial charge on any atom is 0.324 e. The molecule has 0 aromatic heterocycles. The fourth-order valence-electron chi connectivity index (χ4n) is 0.935. The number of ether oxygens (including phenoxy) is 2. The summed E-state index contributed by atoms with van der Waals surface area (Å²) in [5.41, 5.74) is 5.32. The highest BCUT2D eigenvalue weighted by Gasteiger charge is 2.37. The fraction of sp³-hybridized carbons (Fsp3) is 0.714. The lowest BCUT2D eigenvalue weighted by atomic mass is 10.3. The van der Waals surface area contributed by atoms with Crippen LogP contribution in [-0.2, 0) is 19.1 Å². The molecule has 1 aliphatic heterocycles. The molecular weight excluding hydrogens is 210 g/mol. The zero-order valence-corrected chi connectivity index (χ0v) is 8.15. The van der Waals surface area contributed by atoms with E-state index in [2.05, 4.69) is 17.4 Å². The van der Waals surface area contributed by atoms with Gasteiger partial charge in [0.25, 0.3) is 0 Å². The molecule has 3 N–H and O–H groups in total. The van der Waals surface area contributed by atoms with Crippen LogP contribution >= 0.6 is 12.6 Å². The van der Waals surface area contributed by atoms with Gasteiger partial charge in [-0.25, -0.2) is 0 Å². The van der Waals surface area contributed by atoms with Gasteiger partial charge in [-0.2, -0.15) is 12.6 Å². The molecular formula is C7H11NO5S. The number of aliphatic hydroxyl groups excluding tert-OH is 1. The van der Waals surface area contributed by atoms with E-state index in [0.29, 0.717) is 0 Å². The van der Waals surface area contributed by atoms with Crippen molar-refractivity contribution in [3.05, 3.63) is 0 Å². The van der Waals surface area contributed by atoms with Gasteiger partial charge in [-0.1, -0.05) is 0 Å². The summed E-state index contributed by atoms with van der Waals surface area (Å²) in [7, 11) is 0. The van der Waals surface area contributed by atoms with Crippen LogP contribution in [0.3, 0.4) is 0 Å². The Morgan fingerprint density at radius 3 is 2.93 bits per heavy atom. The van der Waals surface area contributed by atoms with Gasteiger partial charge in [-0.05, 0) is 0 Å². The van der Waals surface area contributed by atoms with Crippen molar-refractivity contribution in [3.8, 4) is 0 Å². The van der Waals surface area contributed by atoms with E-state index in [0.717, 1.165) is 0 Å². The molecule has 80 valence electrons. The van der Waals surface area contributed by atoms with Crippen molar-refractivity contribution in [1.29, 1.82) is 0 Å². The van der Waals surface area contributed by atoms with Crippen molar-refractivity contribution >= 4 is 24.6 Å². The van der Waals surface area contributed by atoms with Gasteiger partial charge in [0, 0.05) is 5.75 Å². The standard InChI is InChI=1S/C7H11NO5S/c8-3(2-14)6(10)12-4-1-5(9)13-7(4)11/h3-4,7,11,14H,1-2,8H2/t3-,4?,7?/m0/s1. The van der Waals surface area contributed by atoms with E-state index in [1.54, 1.807) is 0 Å². The first kappa shape index (κ1) is 11.3. The van der Waals surface area contributed by atoms with E-state index in [-0.39, 0.29) is 12.2 Å². The molecule has 0 radical (unpaired) electrons. The van der Waals surface area contributed by atoms with Gasteiger partial charge >= 0.3 is 11.9 Å². The summed E-state index contributed by atoms with van der Waals surface area (Å²) in [5, 5.41) is 9.08. The maximum atomic E-state index is 11.1. The summed E-state index contributed by atoms with van der Waals surface area (Å²) < 4.78 is 9.11. The Kier molecular flexibility index (Phi) is 3.73. The number of nitrogens with two attached hydrogens (primary N) is 1. The molecule has 0 aromatic carbocycles. The fourth-order valence-corrected chi connectivity index (χ4v) is 1.08. The summed E-state index contributed by atoms with van der Waals surface area (Å²) in [4.78, 5) is 21.8. The van der Waals surface area contributed by atoms with E-state index in [1.807, 2.05) is 0 Å². The van der Waals surface area contributed by atoms with E-state index < -0.39 is 30.4 Å². The topological polar surface area (TPSA) is 98.9 Å². The second-order valence-corrected chi connectivity index (χ2v) is 3.21. The third kappa shape index (κ3) is 2.60. The number of cyclic esters (lactones) is 1. The Balaban J connectivity index is 2.44. The first-order chi connectivity index (χ1) is 6.54. The third-order valence-corrected chi connectivity index (χ3v) is 2.10. The van der Waals surface area contributed by atoms with Crippen LogP contribution in [0.4, 0.5) is 0 Å². The summed E-state index contributed by atoms with van der Waals surface area (Å²) >= 11 is 3.81. The van der Waals surface area contributed by atoms with Crippen molar-refractivity contribution in [2.45, 2.75) is 24.9 Å². The van der Waals surface area contributed by atoms with Crippen LogP contribution in [0, 0.1) is 0 Å². The molecule has 0 aliphatic carbocycles. The molecule has 0 amide bonds. The lowest BCUT2D eigenvalue weighted by molar-refractivity contribution is -0.173. The average Bonchev–Trinajstić information content (AvgIpc) is 2.44. The van der Waals surface area contributed by atoms with Crippen LogP contribution in [0.25, 0.3) is 0 Å². The number of esters is 2. The summed E-state index contributed by atoms with van der Waals surface area (Å²) in [6.07, 6.45) is -2.49. The summed E-state index contributed by atoms with van der Waals surface area (Å²) in [6, 6.07) is -0.860. The monoisotopic (exact) mass is 221 g/mol. The van der Waals surface area contributed by atoms with Crippen LogP contribution in [-0.4, -0.2) is 41.2 Å². The predicted octanol–water partition coefficient (Wildman–Crippen LogP) is -1.58.